The lowest BCUT2D eigenvalue weighted by Gasteiger charge is -2.33. The van der Waals surface area contributed by atoms with Crippen molar-refractivity contribution < 1.29 is 31.9 Å². The fourth-order valence-corrected chi connectivity index (χ4v) is 3.52. The second-order valence-corrected chi connectivity index (χ2v) is 10.3. The predicted octanol–water partition coefficient (Wildman–Crippen LogP) is 3.19. The minimum absolute atomic E-state index is 0.0127. The fourth-order valence-electron chi connectivity index (χ4n) is 2.85. The third-order valence-electron chi connectivity index (χ3n) is 4.29. The van der Waals surface area contributed by atoms with Crippen molar-refractivity contribution >= 4 is 33.6 Å². The van der Waals surface area contributed by atoms with Gasteiger partial charge in [0.2, 0.25) is 10.0 Å². The molecule has 0 saturated carbocycles. The van der Waals surface area contributed by atoms with Crippen molar-refractivity contribution in [2.75, 3.05) is 26.0 Å². The highest BCUT2D eigenvalue weighted by atomic mass is 35.5. The van der Waals surface area contributed by atoms with Gasteiger partial charge in [0.15, 0.2) is 0 Å². The molecule has 0 spiro atoms. The van der Waals surface area contributed by atoms with Crippen molar-refractivity contribution in [3.63, 3.8) is 0 Å². The van der Waals surface area contributed by atoms with Gasteiger partial charge in [0.05, 0.1) is 23.4 Å². The number of sulfonamides is 1. The molecule has 0 aliphatic carbocycles. The molecule has 11 heteroatoms. The maximum Gasteiger partial charge on any atom is 0.410 e. The fraction of sp³-hybridized carbons (Fsp3) is 0.579. The Hall–Kier alpha value is -2.07. The number of nitrogens with zero attached hydrogens (tertiary/aromatic N) is 1. The van der Waals surface area contributed by atoms with Gasteiger partial charge in [-0.2, -0.15) is 0 Å². The number of carbonyl (C=O) groups excluding carboxylic acids is 2. The predicted molar refractivity (Wildman–Crippen MR) is 110 cm³/mol. The van der Waals surface area contributed by atoms with Gasteiger partial charge in [0.25, 0.3) is 5.91 Å². The highest BCUT2D eigenvalue weighted by molar-refractivity contribution is 7.89. The molecule has 0 aromatic heterocycles. The number of carbonyl (C=O) groups is 2. The number of hydrogen-bond acceptors (Lipinski definition) is 6. The van der Waals surface area contributed by atoms with Gasteiger partial charge in [0.1, 0.15) is 17.2 Å². The van der Waals surface area contributed by atoms with Gasteiger partial charge >= 0.3 is 6.09 Å². The van der Waals surface area contributed by atoms with Crippen molar-refractivity contribution in [2.45, 2.75) is 39.2 Å². The van der Waals surface area contributed by atoms with E-state index in [-0.39, 0.29) is 29.4 Å². The number of halogens is 2. The van der Waals surface area contributed by atoms with Crippen LogP contribution in [0.5, 0.6) is 5.75 Å². The van der Waals surface area contributed by atoms with E-state index in [1.54, 1.807) is 9.62 Å². The highest BCUT2D eigenvalue weighted by Gasteiger charge is 2.27. The van der Waals surface area contributed by atoms with Gasteiger partial charge < -0.3 is 14.4 Å². The van der Waals surface area contributed by atoms with E-state index in [1.807, 2.05) is 20.8 Å². The van der Waals surface area contributed by atoms with Crippen LogP contribution in [-0.4, -0.2) is 56.9 Å². The summed E-state index contributed by atoms with van der Waals surface area (Å²) in [5, 5.41) is -0.0127. The van der Waals surface area contributed by atoms with Crippen molar-refractivity contribution in [3.05, 3.63) is 28.5 Å². The Bertz CT molecular complexity index is 908. The van der Waals surface area contributed by atoms with Gasteiger partial charge in [-0.1, -0.05) is 11.6 Å². The first-order valence-corrected chi connectivity index (χ1v) is 11.6. The van der Waals surface area contributed by atoms with Gasteiger partial charge in [-0.15, -0.1) is 0 Å². The van der Waals surface area contributed by atoms with Crippen LogP contribution < -0.4 is 9.46 Å². The summed E-state index contributed by atoms with van der Waals surface area (Å²) < 4.78 is 49.2. The lowest BCUT2D eigenvalue weighted by molar-refractivity contribution is 0.0164. The quantitative estimate of drug-likeness (QED) is 0.718. The minimum atomic E-state index is -3.83. The van der Waals surface area contributed by atoms with E-state index in [0.717, 1.165) is 18.4 Å². The third-order valence-corrected chi connectivity index (χ3v) is 5.14. The summed E-state index contributed by atoms with van der Waals surface area (Å²) in [7, 11) is -3.83. The Labute approximate surface area is 180 Å². The summed E-state index contributed by atoms with van der Waals surface area (Å²) in [5.41, 5.74) is -1.05. The number of piperidine rings is 1. The van der Waals surface area contributed by atoms with Crippen LogP contribution in [0.4, 0.5) is 9.18 Å². The topological polar surface area (TPSA) is 102 Å². The smallest absolute Gasteiger partial charge is 0.410 e. The molecule has 0 unspecified atom stereocenters. The molecule has 30 heavy (non-hydrogen) atoms. The van der Waals surface area contributed by atoms with Crippen LogP contribution in [0.1, 0.15) is 44.0 Å². The Morgan fingerprint density at radius 3 is 2.40 bits per heavy atom. The van der Waals surface area contributed by atoms with Crippen molar-refractivity contribution in [1.29, 1.82) is 0 Å². The van der Waals surface area contributed by atoms with E-state index in [1.165, 1.54) is 0 Å². The lowest BCUT2D eigenvalue weighted by Crippen LogP contribution is -2.42. The van der Waals surface area contributed by atoms with Crippen molar-refractivity contribution in [3.8, 4) is 5.75 Å². The lowest BCUT2D eigenvalue weighted by atomic mass is 9.98. The van der Waals surface area contributed by atoms with Crippen LogP contribution in [0.2, 0.25) is 5.02 Å². The average Bonchev–Trinajstić information content (AvgIpc) is 2.59. The minimum Gasteiger partial charge on any atom is -0.492 e. The number of amides is 2. The van der Waals surface area contributed by atoms with E-state index in [9.17, 15) is 22.4 Å². The zero-order chi connectivity index (χ0) is 22.7. The SMILES string of the molecule is CC(C)(C)OC(=O)N1CCC(COc2cc(F)c(C(=O)NS(C)(=O)=O)cc2Cl)CC1. The summed E-state index contributed by atoms with van der Waals surface area (Å²) in [4.78, 5) is 25.6. The van der Waals surface area contributed by atoms with Crippen LogP contribution >= 0.6 is 11.6 Å². The molecule has 0 radical (unpaired) electrons. The summed E-state index contributed by atoms with van der Waals surface area (Å²) in [6.07, 6.45) is 1.81. The first kappa shape index (κ1) is 24.2. The molecule has 0 bridgehead atoms. The molecule has 2 amide bonds. The number of rotatable bonds is 5. The Morgan fingerprint density at radius 2 is 1.87 bits per heavy atom. The van der Waals surface area contributed by atoms with Crippen LogP contribution in [0, 0.1) is 11.7 Å². The molecule has 1 aliphatic heterocycles. The zero-order valence-electron chi connectivity index (χ0n) is 17.3. The van der Waals surface area contributed by atoms with Gasteiger partial charge in [-0.3, -0.25) is 4.79 Å². The second kappa shape index (κ2) is 9.38. The maximum atomic E-state index is 14.2. The average molecular weight is 465 g/mol. The summed E-state index contributed by atoms with van der Waals surface area (Å²) in [5.74, 6) is -1.87. The van der Waals surface area contributed by atoms with E-state index in [4.69, 9.17) is 21.1 Å². The molecule has 1 N–H and O–H groups in total. The molecule has 0 atom stereocenters. The van der Waals surface area contributed by atoms with Gasteiger partial charge in [-0.25, -0.2) is 22.3 Å². The number of hydrogen-bond donors (Lipinski definition) is 1. The number of likely N-dealkylation sites (tertiary alicyclic amines) is 1. The van der Waals surface area contributed by atoms with Crippen molar-refractivity contribution in [1.82, 2.24) is 9.62 Å². The monoisotopic (exact) mass is 464 g/mol. The van der Waals surface area contributed by atoms with Crippen molar-refractivity contribution in [2.24, 2.45) is 5.92 Å². The molecule has 8 nitrogen and oxygen atoms in total. The van der Waals surface area contributed by atoms with E-state index in [2.05, 4.69) is 0 Å². The molecule has 2 rings (SSSR count). The van der Waals surface area contributed by atoms with Crippen LogP contribution in [0.25, 0.3) is 0 Å². The van der Waals surface area contributed by atoms with Gasteiger partial charge in [-0.05, 0) is 45.6 Å². The van der Waals surface area contributed by atoms with Crippen LogP contribution in [0.3, 0.4) is 0 Å². The molecular weight excluding hydrogens is 439 g/mol. The molecule has 168 valence electrons. The van der Waals surface area contributed by atoms with E-state index < -0.39 is 32.9 Å². The zero-order valence-corrected chi connectivity index (χ0v) is 18.9. The van der Waals surface area contributed by atoms with Gasteiger partial charge in [0, 0.05) is 19.2 Å². The molecule has 1 aromatic carbocycles. The Morgan fingerprint density at radius 1 is 1.27 bits per heavy atom. The molecule has 1 fully saturated rings. The molecule has 1 aliphatic rings. The Balaban J connectivity index is 1.92. The van der Waals surface area contributed by atoms with Crippen LogP contribution in [0.15, 0.2) is 12.1 Å². The normalized spacial score (nSPS) is 15.6. The molecular formula is C19H26ClFN2O6S. The van der Waals surface area contributed by atoms with Crippen LogP contribution in [-0.2, 0) is 14.8 Å². The summed E-state index contributed by atoms with van der Waals surface area (Å²) in [6.45, 7) is 6.74. The summed E-state index contributed by atoms with van der Waals surface area (Å²) in [6, 6.07) is 1.98. The number of nitrogens with one attached hydrogen (secondary N) is 1. The Kier molecular flexibility index (Phi) is 7.57. The molecule has 1 saturated heterocycles. The standard InChI is InChI=1S/C19H26ClFN2O6S/c1-19(2,3)29-18(25)23-7-5-12(6-8-23)11-28-16-10-15(21)13(9-14(16)20)17(24)22-30(4,26)27/h9-10,12H,5-8,11H2,1-4H3,(H,22,24). The molecule has 1 heterocycles. The third kappa shape index (κ3) is 7.32. The first-order valence-electron chi connectivity index (χ1n) is 9.37. The highest BCUT2D eigenvalue weighted by Crippen LogP contribution is 2.29. The summed E-state index contributed by atoms with van der Waals surface area (Å²) >= 11 is 6.07. The first-order chi connectivity index (χ1) is 13.7. The van der Waals surface area contributed by atoms with E-state index >= 15 is 0 Å². The molecule has 1 aromatic rings. The number of ether oxygens (including phenoxy) is 2. The second-order valence-electron chi connectivity index (χ2n) is 8.19. The van der Waals surface area contributed by atoms with E-state index in [0.29, 0.717) is 25.9 Å². The largest absolute Gasteiger partial charge is 0.492 e. The number of benzene rings is 1. The maximum absolute atomic E-state index is 14.2.